The van der Waals surface area contributed by atoms with Gasteiger partial charge in [0.2, 0.25) is 0 Å². The summed E-state index contributed by atoms with van der Waals surface area (Å²) in [5.74, 6) is 0.730. The van der Waals surface area contributed by atoms with Gasteiger partial charge in [-0.15, -0.1) is 0 Å². The molecule has 2 aromatic rings. The van der Waals surface area contributed by atoms with Crippen molar-refractivity contribution in [3.63, 3.8) is 0 Å². The van der Waals surface area contributed by atoms with Crippen LogP contribution in [0.25, 0.3) is 0 Å². The summed E-state index contributed by atoms with van der Waals surface area (Å²) in [6, 6.07) is 12.1. The molecule has 1 aliphatic rings. The number of anilines is 1. The fourth-order valence-electron chi connectivity index (χ4n) is 3.33. The second-order valence-electron chi connectivity index (χ2n) is 6.65. The van der Waals surface area contributed by atoms with Gasteiger partial charge in [0.1, 0.15) is 17.5 Å². The number of ketones is 1. The maximum absolute atomic E-state index is 12.6. The van der Waals surface area contributed by atoms with Gasteiger partial charge in [0.25, 0.3) is 0 Å². The number of aromatic nitrogens is 2. The second-order valence-corrected chi connectivity index (χ2v) is 6.65. The Kier molecular flexibility index (Phi) is 5.85. The molecule has 0 spiro atoms. The number of nitrogens with zero attached hydrogens (tertiary/aromatic N) is 3. The van der Waals surface area contributed by atoms with Crippen molar-refractivity contribution in [3.05, 3.63) is 59.4 Å². The molecule has 5 nitrogen and oxygen atoms in total. The zero-order chi connectivity index (χ0) is 18.4. The molecule has 26 heavy (non-hydrogen) atoms. The summed E-state index contributed by atoms with van der Waals surface area (Å²) in [7, 11) is 0. The van der Waals surface area contributed by atoms with Crippen LogP contribution >= 0.6 is 0 Å². The molecule has 5 heteroatoms. The first-order valence-corrected chi connectivity index (χ1v) is 9.25. The zero-order valence-corrected chi connectivity index (χ0v) is 15.1. The molecule has 0 bridgehead atoms. The van der Waals surface area contributed by atoms with Crippen LogP contribution in [0.1, 0.15) is 56.1 Å². The Labute approximate surface area is 154 Å². The molecule has 1 N–H and O–H groups in total. The minimum atomic E-state index is -0.0772. The van der Waals surface area contributed by atoms with Gasteiger partial charge >= 0.3 is 0 Å². The van der Waals surface area contributed by atoms with E-state index in [1.807, 2.05) is 35.0 Å². The van der Waals surface area contributed by atoms with Crippen LogP contribution in [0.4, 0.5) is 5.82 Å². The highest BCUT2D eigenvalue weighted by Gasteiger charge is 2.24. The molecule has 1 heterocycles. The summed E-state index contributed by atoms with van der Waals surface area (Å²) < 4.78 is 1.84. The molecule has 1 aromatic carbocycles. The van der Waals surface area contributed by atoms with E-state index in [0.717, 1.165) is 49.9 Å². The minimum absolute atomic E-state index is 0.0772. The smallest absolute Gasteiger partial charge is 0.164 e. The van der Waals surface area contributed by atoms with E-state index in [9.17, 15) is 10.1 Å². The lowest BCUT2D eigenvalue weighted by molar-refractivity contribution is -0.116. The number of allylic oxidation sites excluding steroid dienone is 2. The highest BCUT2D eigenvalue weighted by Crippen LogP contribution is 2.30. The van der Waals surface area contributed by atoms with E-state index < -0.39 is 0 Å². The van der Waals surface area contributed by atoms with Crippen LogP contribution in [0.2, 0.25) is 0 Å². The van der Waals surface area contributed by atoms with Crippen molar-refractivity contribution in [2.24, 2.45) is 0 Å². The number of carbonyl (C=O) groups is 1. The summed E-state index contributed by atoms with van der Waals surface area (Å²) in [6.07, 6.45) is 8.10. The zero-order valence-electron chi connectivity index (χ0n) is 15.1. The van der Waals surface area contributed by atoms with E-state index in [0.29, 0.717) is 11.4 Å². The van der Waals surface area contributed by atoms with Crippen molar-refractivity contribution in [2.45, 2.75) is 51.5 Å². The summed E-state index contributed by atoms with van der Waals surface area (Å²) in [5, 5.41) is 17.0. The van der Waals surface area contributed by atoms with E-state index in [1.54, 1.807) is 12.3 Å². The third-order valence-corrected chi connectivity index (χ3v) is 4.78. The Balaban J connectivity index is 1.75. The number of carbonyl (C=O) groups excluding carboxylic acids is 1. The fraction of sp³-hybridized carbons (Fsp3) is 0.381. The molecule has 134 valence electrons. The van der Waals surface area contributed by atoms with Crippen LogP contribution in [0.15, 0.2) is 48.3 Å². The van der Waals surface area contributed by atoms with Gasteiger partial charge in [-0.05, 0) is 24.8 Å². The molecule has 1 aromatic heterocycles. The quantitative estimate of drug-likeness (QED) is 0.754. The highest BCUT2D eigenvalue weighted by molar-refractivity contribution is 5.97. The number of nitriles is 1. The van der Waals surface area contributed by atoms with Crippen molar-refractivity contribution in [3.8, 4) is 6.07 Å². The van der Waals surface area contributed by atoms with Crippen LogP contribution in [-0.4, -0.2) is 15.6 Å². The first-order chi connectivity index (χ1) is 12.7. The molecule has 0 radical (unpaired) electrons. The molecule has 0 amide bonds. The van der Waals surface area contributed by atoms with Crippen LogP contribution in [0.5, 0.6) is 0 Å². The Morgan fingerprint density at radius 3 is 2.81 bits per heavy atom. The summed E-state index contributed by atoms with van der Waals surface area (Å²) >= 11 is 0. The van der Waals surface area contributed by atoms with E-state index in [4.69, 9.17) is 0 Å². The largest absolute Gasteiger partial charge is 0.343 e. The predicted molar refractivity (Wildman–Crippen MR) is 102 cm³/mol. The lowest BCUT2D eigenvalue weighted by Crippen LogP contribution is -2.19. The molecule has 1 atom stereocenters. The number of hydrogen-bond donors (Lipinski definition) is 1. The molecular weight excluding hydrogens is 324 g/mol. The number of nitrogens with one attached hydrogen (secondary N) is 1. The Bertz CT molecular complexity index is 829. The number of unbranched alkanes of at least 4 members (excludes halogenated alkanes) is 2. The maximum atomic E-state index is 12.6. The molecule has 0 aliphatic heterocycles. The third-order valence-electron chi connectivity index (χ3n) is 4.78. The first kappa shape index (κ1) is 17.9. The molecule has 0 saturated carbocycles. The van der Waals surface area contributed by atoms with Crippen LogP contribution in [-0.2, 0) is 11.3 Å². The van der Waals surface area contributed by atoms with Gasteiger partial charge in [0.15, 0.2) is 5.78 Å². The van der Waals surface area contributed by atoms with Crippen molar-refractivity contribution in [2.75, 3.05) is 5.32 Å². The molecular formula is C21H24N4O. The van der Waals surface area contributed by atoms with Gasteiger partial charge in [0.05, 0.1) is 6.20 Å². The van der Waals surface area contributed by atoms with E-state index in [2.05, 4.69) is 23.4 Å². The SMILES string of the molecule is CCCCCn1ncc(C#N)c1NC1=CC(=O)C(c2ccccc2)CC1. The number of rotatable bonds is 7. The number of aryl methyl sites for hydroxylation is 1. The van der Waals surface area contributed by atoms with Crippen molar-refractivity contribution >= 4 is 11.6 Å². The normalized spacial score (nSPS) is 16.8. The average Bonchev–Trinajstić information content (AvgIpc) is 3.04. The Morgan fingerprint density at radius 1 is 1.31 bits per heavy atom. The van der Waals surface area contributed by atoms with Crippen molar-refractivity contribution in [1.29, 1.82) is 5.26 Å². The summed E-state index contributed by atoms with van der Waals surface area (Å²) in [5.41, 5.74) is 2.44. The monoisotopic (exact) mass is 348 g/mol. The third kappa shape index (κ3) is 4.02. The minimum Gasteiger partial charge on any atom is -0.343 e. The summed E-state index contributed by atoms with van der Waals surface area (Å²) in [6.45, 7) is 2.93. The Hall–Kier alpha value is -2.87. The van der Waals surface area contributed by atoms with Crippen LogP contribution in [0, 0.1) is 11.3 Å². The predicted octanol–water partition coefficient (Wildman–Crippen LogP) is 4.39. The molecule has 1 aliphatic carbocycles. The van der Waals surface area contributed by atoms with Crippen molar-refractivity contribution in [1.82, 2.24) is 9.78 Å². The lowest BCUT2D eigenvalue weighted by Gasteiger charge is -2.22. The van der Waals surface area contributed by atoms with Gasteiger partial charge in [0, 0.05) is 24.2 Å². The van der Waals surface area contributed by atoms with Gasteiger partial charge in [-0.25, -0.2) is 4.68 Å². The van der Waals surface area contributed by atoms with Crippen molar-refractivity contribution < 1.29 is 4.79 Å². The maximum Gasteiger partial charge on any atom is 0.164 e. The standard InChI is InChI=1S/C21H24N4O/c1-2-3-7-12-25-21(17(14-22)15-23-25)24-18-10-11-19(20(26)13-18)16-8-5-4-6-9-16/h4-6,8-9,13,15,19,24H,2-3,7,10-12H2,1H3. The van der Waals surface area contributed by atoms with Gasteiger partial charge in [-0.3, -0.25) is 4.79 Å². The van der Waals surface area contributed by atoms with Gasteiger partial charge < -0.3 is 5.32 Å². The summed E-state index contributed by atoms with van der Waals surface area (Å²) in [4.78, 5) is 12.6. The molecule has 0 fully saturated rings. The topological polar surface area (TPSA) is 70.7 Å². The number of benzene rings is 1. The van der Waals surface area contributed by atoms with Crippen LogP contribution < -0.4 is 5.32 Å². The van der Waals surface area contributed by atoms with E-state index in [-0.39, 0.29) is 11.7 Å². The van der Waals surface area contributed by atoms with E-state index >= 15 is 0 Å². The number of hydrogen-bond acceptors (Lipinski definition) is 4. The van der Waals surface area contributed by atoms with Gasteiger partial charge in [-0.1, -0.05) is 50.1 Å². The molecule has 0 saturated heterocycles. The average molecular weight is 348 g/mol. The van der Waals surface area contributed by atoms with Crippen LogP contribution in [0.3, 0.4) is 0 Å². The van der Waals surface area contributed by atoms with Gasteiger partial charge in [-0.2, -0.15) is 10.4 Å². The lowest BCUT2D eigenvalue weighted by atomic mass is 9.85. The molecule has 3 rings (SSSR count). The first-order valence-electron chi connectivity index (χ1n) is 9.25. The second kappa shape index (κ2) is 8.48. The Morgan fingerprint density at radius 2 is 2.12 bits per heavy atom. The highest BCUT2D eigenvalue weighted by atomic mass is 16.1. The van der Waals surface area contributed by atoms with E-state index in [1.165, 1.54) is 0 Å². The molecule has 1 unspecified atom stereocenters. The fourth-order valence-corrected chi connectivity index (χ4v) is 3.33.